The molecule has 3 aromatic rings. The van der Waals surface area contributed by atoms with E-state index >= 15 is 0 Å². The van der Waals surface area contributed by atoms with Crippen LogP contribution >= 0.6 is 23.5 Å². The molecular weight excluding hydrogens is 659 g/mol. The van der Waals surface area contributed by atoms with E-state index in [0.717, 1.165) is 22.6 Å². The molecule has 10 heteroatoms. The molecule has 256 valence electrons. The molecule has 6 rings (SSSR count). The molecule has 0 aromatic heterocycles. The standard InChI is InChI=1S/C38H47NO6S2Si/c1-7-44-36(41)38(46-18-19-47-38)27-22-32-31-24-34(43-6)33(42-5)21-26(31)20-28(39(32)35(40)23-27)25-45-48(37(2,3)4,29-14-10-8-11-15-29)30-16-12-9-13-17-30/h8-17,21,24,27-28,32H,7,18-20,22-23,25H2,1-6H3/t27-,28+,32-/m1/s1. The van der Waals surface area contributed by atoms with Gasteiger partial charge in [0.25, 0.3) is 8.32 Å². The van der Waals surface area contributed by atoms with Crippen LogP contribution in [0.1, 0.15) is 57.7 Å². The first kappa shape index (κ1) is 34.9. The van der Waals surface area contributed by atoms with Crippen LogP contribution in [0.15, 0.2) is 72.8 Å². The van der Waals surface area contributed by atoms with Gasteiger partial charge in [0.05, 0.1) is 39.5 Å². The fourth-order valence-electron chi connectivity index (χ4n) is 8.06. The number of amides is 1. The summed E-state index contributed by atoms with van der Waals surface area (Å²) in [5.74, 6) is 2.71. The van der Waals surface area contributed by atoms with Gasteiger partial charge in [0.1, 0.15) is 0 Å². The predicted molar refractivity (Wildman–Crippen MR) is 197 cm³/mol. The van der Waals surface area contributed by atoms with Gasteiger partial charge in [-0.25, -0.2) is 4.79 Å². The van der Waals surface area contributed by atoms with Crippen LogP contribution in [0.3, 0.4) is 0 Å². The molecule has 48 heavy (non-hydrogen) atoms. The van der Waals surface area contributed by atoms with Crippen molar-refractivity contribution in [1.29, 1.82) is 0 Å². The van der Waals surface area contributed by atoms with Crippen molar-refractivity contribution in [3.05, 3.63) is 83.9 Å². The maximum absolute atomic E-state index is 14.5. The number of methoxy groups -OCH3 is 2. The van der Waals surface area contributed by atoms with E-state index in [9.17, 15) is 9.59 Å². The smallest absolute Gasteiger partial charge is 0.332 e. The highest BCUT2D eigenvalue weighted by Crippen LogP contribution is 2.57. The molecule has 0 N–H and O–H groups in total. The number of hydrogen-bond donors (Lipinski definition) is 0. The highest BCUT2D eigenvalue weighted by molar-refractivity contribution is 8.22. The van der Waals surface area contributed by atoms with Crippen LogP contribution in [-0.4, -0.2) is 74.2 Å². The van der Waals surface area contributed by atoms with Gasteiger partial charge in [-0.05, 0) is 58.4 Å². The average molecular weight is 706 g/mol. The normalized spacial score (nSPS) is 22.1. The van der Waals surface area contributed by atoms with Crippen LogP contribution in [0.4, 0.5) is 0 Å². The van der Waals surface area contributed by atoms with Crippen molar-refractivity contribution in [2.75, 3.05) is 38.9 Å². The monoisotopic (exact) mass is 705 g/mol. The Morgan fingerprint density at radius 3 is 2.04 bits per heavy atom. The number of fused-ring (bicyclic) bond motifs is 3. The van der Waals surface area contributed by atoms with Crippen LogP contribution < -0.4 is 19.8 Å². The molecule has 2 fully saturated rings. The second-order valence-corrected chi connectivity index (χ2v) is 21.0. The Balaban J connectivity index is 1.42. The van der Waals surface area contributed by atoms with Crippen molar-refractivity contribution in [3.63, 3.8) is 0 Å². The van der Waals surface area contributed by atoms with Gasteiger partial charge in [-0.3, -0.25) is 4.79 Å². The molecule has 1 amide bonds. The third-order valence-corrected chi connectivity index (χ3v) is 18.8. The van der Waals surface area contributed by atoms with Crippen molar-refractivity contribution in [1.82, 2.24) is 4.90 Å². The summed E-state index contributed by atoms with van der Waals surface area (Å²) >= 11 is 3.29. The Bertz CT molecular complexity index is 1570. The van der Waals surface area contributed by atoms with Crippen LogP contribution in [0, 0.1) is 5.92 Å². The van der Waals surface area contributed by atoms with Crippen molar-refractivity contribution in [2.24, 2.45) is 5.92 Å². The lowest BCUT2D eigenvalue weighted by Gasteiger charge is -2.51. The van der Waals surface area contributed by atoms with E-state index in [1.54, 1.807) is 37.7 Å². The van der Waals surface area contributed by atoms with Gasteiger partial charge in [-0.2, -0.15) is 0 Å². The van der Waals surface area contributed by atoms with E-state index in [1.807, 2.05) is 25.1 Å². The molecule has 3 heterocycles. The van der Waals surface area contributed by atoms with Crippen molar-refractivity contribution in [3.8, 4) is 11.5 Å². The summed E-state index contributed by atoms with van der Waals surface area (Å²) in [5, 5.41) is 2.22. The minimum Gasteiger partial charge on any atom is -0.493 e. The predicted octanol–water partition coefficient (Wildman–Crippen LogP) is 6.22. The second-order valence-electron chi connectivity index (χ2n) is 13.8. The van der Waals surface area contributed by atoms with Gasteiger partial charge < -0.3 is 23.5 Å². The van der Waals surface area contributed by atoms with Gasteiger partial charge in [-0.1, -0.05) is 81.4 Å². The molecule has 7 nitrogen and oxygen atoms in total. The fraction of sp³-hybridized carbons (Fsp3) is 0.474. The summed E-state index contributed by atoms with van der Waals surface area (Å²) in [5.41, 5.74) is 2.18. The molecule has 0 aliphatic carbocycles. The number of nitrogens with zero attached hydrogens (tertiary/aromatic N) is 1. The van der Waals surface area contributed by atoms with Gasteiger partial charge >= 0.3 is 5.97 Å². The topological polar surface area (TPSA) is 74.3 Å². The van der Waals surface area contributed by atoms with Crippen molar-refractivity contribution >= 4 is 54.1 Å². The summed E-state index contributed by atoms with van der Waals surface area (Å²) in [7, 11) is 0.437. The van der Waals surface area contributed by atoms with Crippen molar-refractivity contribution in [2.45, 2.75) is 68.2 Å². The van der Waals surface area contributed by atoms with Gasteiger partial charge in [0.2, 0.25) is 5.91 Å². The maximum Gasteiger partial charge on any atom is 0.332 e. The van der Waals surface area contributed by atoms with E-state index in [4.69, 9.17) is 18.6 Å². The maximum atomic E-state index is 14.5. The number of hydrogen-bond acceptors (Lipinski definition) is 8. The van der Waals surface area contributed by atoms with Crippen molar-refractivity contribution < 1.29 is 28.2 Å². The molecule has 0 unspecified atom stereocenters. The van der Waals surface area contributed by atoms with Gasteiger partial charge in [0.15, 0.2) is 15.6 Å². The summed E-state index contributed by atoms with van der Waals surface area (Å²) in [6.07, 6.45) is 1.59. The number of benzene rings is 3. The minimum absolute atomic E-state index is 0.0597. The van der Waals surface area contributed by atoms with Crippen LogP contribution in [0.2, 0.25) is 5.04 Å². The zero-order valence-corrected chi connectivity index (χ0v) is 31.5. The molecule has 3 aromatic carbocycles. The largest absolute Gasteiger partial charge is 0.493 e. The number of piperidine rings is 1. The summed E-state index contributed by atoms with van der Waals surface area (Å²) in [6, 6.07) is 24.9. The summed E-state index contributed by atoms with van der Waals surface area (Å²) in [4.78, 5) is 30.2. The Labute approximate surface area is 294 Å². The van der Waals surface area contributed by atoms with E-state index in [-0.39, 0.29) is 34.9 Å². The fourth-order valence-corrected chi connectivity index (χ4v) is 15.9. The molecule has 2 saturated heterocycles. The number of rotatable bonds is 10. The minimum atomic E-state index is -2.86. The molecule has 0 saturated carbocycles. The lowest BCUT2D eigenvalue weighted by molar-refractivity contribution is -0.149. The Morgan fingerprint density at radius 1 is 0.917 bits per heavy atom. The number of ether oxygens (including phenoxy) is 3. The SMILES string of the molecule is CCOC(=O)C1([C@H]2CC(=O)N3[C@H](CO[Si](c4ccccc4)(c4ccccc4)C(C)(C)C)Cc4cc(OC)c(OC)cc4[C@H]3C2)SCCS1. The number of carbonyl (C=O) groups is 2. The molecule has 0 spiro atoms. The molecule has 3 aliphatic heterocycles. The Hall–Kier alpha value is -2.92. The zero-order valence-electron chi connectivity index (χ0n) is 28.8. The zero-order chi connectivity index (χ0) is 34.1. The number of esters is 1. The van der Waals surface area contributed by atoms with E-state index in [2.05, 4.69) is 80.3 Å². The second kappa shape index (κ2) is 14.1. The lowest BCUT2D eigenvalue weighted by Crippen LogP contribution is -2.68. The van der Waals surface area contributed by atoms with E-state index in [0.29, 0.717) is 44.0 Å². The lowest BCUT2D eigenvalue weighted by atomic mass is 9.78. The molecular formula is C38H47NO6S2Si. The van der Waals surface area contributed by atoms with Gasteiger partial charge in [0, 0.05) is 23.8 Å². The first-order valence-electron chi connectivity index (χ1n) is 16.9. The molecule has 0 bridgehead atoms. The average Bonchev–Trinajstić information content (AvgIpc) is 3.60. The summed E-state index contributed by atoms with van der Waals surface area (Å²) in [6.45, 7) is 9.38. The molecule has 0 radical (unpaired) electrons. The van der Waals surface area contributed by atoms with Crippen LogP contribution in [0.5, 0.6) is 11.5 Å². The highest BCUT2D eigenvalue weighted by Gasteiger charge is 2.57. The quantitative estimate of drug-likeness (QED) is 0.182. The number of carbonyl (C=O) groups excluding carboxylic acids is 2. The summed E-state index contributed by atoms with van der Waals surface area (Å²) < 4.78 is 23.8. The molecule has 3 atom stereocenters. The van der Waals surface area contributed by atoms with E-state index < -0.39 is 12.4 Å². The van der Waals surface area contributed by atoms with Crippen LogP contribution in [0.25, 0.3) is 0 Å². The Kier molecular flexibility index (Phi) is 10.3. The third-order valence-electron chi connectivity index (χ3n) is 10.1. The molecule has 3 aliphatic rings. The first-order valence-corrected chi connectivity index (χ1v) is 20.7. The third kappa shape index (κ3) is 6.07. The Morgan fingerprint density at radius 2 is 1.50 bits per heavy atom. The first-order chi connectivity index (χ1) is 23.1. The highest BCUT2D eigenvalue weighted by atomic mass is 32.2. The van der Waals surface area contributed by atoms with Crippen LogP contribution in [-0.2, 0) is 25.2 Å². The van der Waals surface area contributed by atoms with E-state index in [1.165, 1.54) is 10.4 Å². The number of thioether (sulfide) groups is 2. The van der Waals surface area contributed by atoms with Gasteiger partial charge in [-0.15, -0.1) is 23.5 Å².